The molecular weight excluding hydrogens is 232 g/mol. The van der Waals surface area contributed by atoms with Gasteiger partial charge in [-0.2, -0.15) is 0 Å². The second kappa shape index (κ2) is 3.22. The van der Waals surface area contributed by atoms with Crippen molar-refractivity contribution in [3.05, 3.63) is 21.7 Å². The second-order valence-electron chi connectivity index (χ2n) is 3.40. The van der Waals surface area contributed by atoms with Crippen molar-refractivity contribution in [3.63, 3.8) is 0 Å². The number of hydrogen-bond donors (Lipinski definition) is 2. The van der Waals surface area contributed by atoms with Crippen molar-refractivity contribution in [1.82, 2.24) is 0 Å². The van der Waals surface area contributed by atoms with Crippen molar-refractivity contribution in [2.24, 2.45) is 0 Å². The minimum atomic E-state index is -0.0272. The Morgan fingerprint density at radius 1 is 1.08 bits per heavy atom. The molecule has 70 valence electrons. The van der Waals surface area contributed by atoms with Crippen LogP contribution < -0.4 is 0 Å². The number of phenols is 2. The predicted octanol–water partition coefficient (Wildman–Crippen LogP) is 2.74. The Bertz CT molecular complexity index is 347. The quantitative estimate of drug-likeness (QED) is 0.688. The molecule has 13 heavy (non-hydrogen) atoms. The Morgan fingerprint density at radius 2 is 1.77 bits per heavy atom. The van der Waals surface area contributed by atoms with Crippen molar-refractivity contribution in [2.75, 3.05) is 0 Å². The van der Waals surface area contributed by atoms with Gasteiger partial charge in [-0.25, -0.2) is 0 Å². The van der Waals surface area contributed by atoms with Gasteiger partial charge in [-0.1, -0.05) is 0 Å². The monoisotopic (exact) mass is 242 g/mol. The number of aryl methyl sites for hydroxylation is 1. The molecule has 3 heteroatoms. The zero-order valence-corrected chi connectivity index (χ0v) is 8.76. The lowest BCUT2D eigenvalue weighted by molar-refractivity contribution is 0.394. The maximum atomic E-state index is 9.64. The van der Waals surface area contributed by atoms with Crippen molar-refractivity contribution in [2.45, 2.75) is 25.7 Å². The summed E-state index contributed by atoms with van der Waals surface area (Å²) in [6.45, 7) is 0. The fourth-order valence-electron chi connectivity index (χ4n) is 1.84. The van der Waals surface area contributed by atoms with Crippen molar-refractivity contribution >= 4 is 15.9 Å². The number of aromatic hydroxyl groups is 2. The normalized spacial score (nSPS) is 15.5. The molecule has 0 heterocycles. The van der Waals surface area contributed by atoms with E-state index < -0.39 is 0 Å². The standard InChI is InChI=1S/C10H11BrO2/c11-8-5-6-3-1-2-4-7(6)9(12)10(8)13/h5,12-13H,1-4H2. The van der Waals surface area contributed by atoms with E-state index in [1.54, 1.807) is 0 Å². The summed E-state index contributed by atoms with van der Waals surface area (Å²) in [4.78, 5) is 0. The van der Waals surface area contributed by atoms with Crippen LogP contribution in [0.4, 0.5) is 0 Å². The average Bonchev–Trinajstić information content (AvgIpc) is 2.15. The Kier molecular flexibility index (Phi) is 2.20. The molecule has 0 saturated carbocycles. The molecule has 0 bridgehead atoms. The molecule has 0 saturated heterocycles. The second-order valence-corrected chi connectivity index (χ2v) is 4.25. The maximum absolute atomic E-state index is 9.64. The van der Waals surface area contributed by atoms with Gasteiger partial charge in [0.15, 0.2) is 11.5 Å². The molecule has 0 aliphatic heterocycles. The Labute approximate surface area is 85.3 Å². The molecular formula is C10H11BrO2. The number of halogens is 1. The third kappa shape index (κ3) is 1.41. The summed E-state index contributed by atoms with van der Waals surface area (Å²) in [5, 5.41) is 19.1. The summed E-state index contributed by atoms with van der Waals surface area (Å²) < 4.78 is 0.589. The van der Waals surface area contributed by atoms with Gasteiger partial charge in [0, 0.05) is 5.56 Å². The van der Waals surface area contributed by atoms with Crippen LogP contribution in [-0.4, -0.2) is 10.2 Å². The van der Waals surface area contributed by atoms with Crippen molar-refractivity contribution < 1.29 is 10.2 Å². The van der Waals surface area contributed by atoms with E-state index in [0.717, 1.165) is 30.4 Å². The van der Waals surface area contributed by atoms with Crippen LogP contribution >= 0.6 is 15.9 Å². The van der Waals surface area contributed by atoms with Crippen molar-refractivity contribution in [3.8, 4) is 11.5 Å². The summed E-state index contributed by atoms with van der Waals surface area (Å²) in [5.41, 5.74) is 2.08. The van der Waals surface area contributed by atoms with Crippen LogP contribution in [0.1, 0.15) is 24.0 Å². The summed E-state index contributed by atoms with van der Waals surface area (Å²) in [6, 6.07) is 1.91. The van der Waals surface area contributed by atoms with Crippen LogP contribution in [0.2, 0.25) is 0 Å². The summed E-state index contributed by atoms with van der Waals surface area (Å²) in [5.74, 6) is 0.0322. The van der Waals surface area contributed by atoms with E-state index in [2.05, 4.69) is 15.9 Å². The third-order valence-electron chi connectivity index (χ3n) is 2.55. The van der Waals surface area contributed by atoms with Gasteiger partial charge < -0.3 is 10.2 Å². The lowest BCUT2D eigenvalue weighted by Crippen LogP contribution is -2.02. The Hall–Kier alpha value is -0.700. The first-order chi connectivity index (χ1) is 6.20. The van der Waals surface area contributed by atoms with Crippen LogP contribution in [0.5, 0.6) is 11.5 Å². The van der Waals surface area contributed by atoms with E-state index in [4.69, 9.17) is 0 Å². The molecule has 0 spiro atoms. The summed E-state index contributed by atoms with van der Waals surface area (Å²) >= 11 is 3.22. The van der Waals surface area contributed by atoms with E-state index in [1.165, 1.54) is 6.42 Å². The van der Waals surface area contributed by atoms with Gasteiger partial charge in [-0.05, 0) is 53.2 Å². The van der Waals surface area contributed by atoms with Crippen LogP contribution in [0.3, 0.4) is 0 Å². The van der Waals surface area contributed by atoms with Crippen LogP contribution in [0.25, 0.3) is 0 Å². The summed E-state index contributed by atoms with van der Waals surface area (Å²) in [7, 11) is 0. The summed E-state index contributed by atoms with van der Waals surface area (Å²) in [6.07, 6.45) is 4.15. The highest BCUT2D eigenvalue weighted by molar-refractivity contribution is 9.10. The number of fused-ring (bicyclic) bond motifs is 1. The van der Waals surface area contributed by atoms with Crippen molar-refractivity contribution in [1.29, 1.82) is 0 Å². The molecule has 0 aromatic heterocycles. The first-order valence-electron chi connectivity index (χ1n) is 4.42. The first-order valence-corrected chi connectivity index (χ1v) is 5.21. The molecule has 0 unspecified atom stereocenters. The van der Waals surface area contributed by atoms with Gasteiger partial charge >= 0.3 is 0 Å². The SMILES string of the molecule is Oc1c(Br)cc2c(c1O)CCCC2. The van der Waals surface area contributed by atoms with E-state index in [1.807, 2.05) is 6.07 Å². The third-order valence-corrected chi connectivity index (χ3v) is 3.15. The van der Waals surface area contributed by atoms with Gasteiger partial charge in [0.05, 0.1) is 4.47 Å². The smallest absolute Gasteiger partial charge is 0.172 e. The van der Waals surface area contributed by atoms with E-state index >= 15 is 0 Å². The van der Waals surface area contributed by atoms with Crippen LogP contribution in [0, 0.1) is 0 Å². The highest BCUT2D eigenvalue weighted by Gasteiger charge is 2.18. The Balaban J connectivity index is 2.60. The van der Waals surface area contributed by atoms with E-state index in [9.17, 15) is 10.2 Å². The molecule has 2 rings (SSSR count). The number of phenolic OH excluding ortho intramolecular Hbond substituents is 2. The average molecular weight is 243 g/mol. The zero-order chi connectivity index (χ0) is 9.42. The van der Waals surface area contributed by atoms with E-state index in [0.29, 0.717) is 4.47 Å². The molecule has 2 N–H and O–H groups in total. The molecule has 0 amide bonds. The van der Waals surface area contributed by atoms with Gasteiger partial charge in [0.1, 0.15) is 0 Å². The first kappa shape index (κ1) is 8.88. The van der Waals surface area contributed by atoms with Gasteiger partial charge in [-0.3, -0.25) is 0 Å². The molecule has 1 aliphatic rings. The minimum Gasteiger partial charge on any atom is -0.504 e. The number of benzene rings is 1. The van der Waals surface area contributed by atoms with Crippen LogP contribution in [0.15, 0.2) is 10.5 Å². The topological polar surface area (TPSA) is 40.5 Å². The highest BCUT2D eigenvalue weighted by atomic mass is 79.9. The molecule has 1 aromatic carbocycles. The molecule has 0 fully saturated rings. The fourth-order valence-corrected chi connectivity index (χ4v) is 2.30. The molecule has 0 radical (unpaired) electrons. The Morgan fingerprint density at radius 3 is 2.54 bits per heavy atom. The predicted molar refractivity (Wildman–Crippen MR) is 54.1 cm³/mol. The molecule has 1 aliphatic carbocycles. The molecule has 2 nitrogen and oxygen atoms in total. The van der Waals surface area contributed by atoms with Gasteiger partial charge in [0.2, 0.25) is 0 Å². The largest absolute Gasteiger partial charge is 0.504 e. The van der Waals surface area contributed by atoms with Gasteiger partial charge in [-0.15, -0.1) is 0 Å². The number of hydrogen-bond acceptors (Lipinski definition) is 2. The van der Waals surface area contributed by atoms with Crippen LogP contribution in [-0.2, 0) is 12.8 Å². The van der Waals surface area contributed by atoms with Gasteiger partial charge in [0.25, 0.3) is 0 Å². The maximum Gasteiger partial charge on any atom is 0.172 e. The fraction of sp³-hybridized carbons (Fsp3) is 0.400. The molecule has 0 atom stereocenters. The lowest BCUT2D eigenvalue weighted by atomic mass is 9.91. The zero-order valence-electron chi connectivity index (χ0n) is 7.18. The minimum absolute atomic E-state index is 0.0272. The molecule has 1 aromatic rings. The highest BCUT2D eigenvalue weighted by Crippen LogP contribution is 2.41. The number of rotatable bonds is 0. The van der Waals surface area contributed by atoms with E-state index in [-0.39, 0.29) is 11.5 Å². The lowest BCUT2D eigenvalue weighted by Gasteiger charge is -2.18.